The molecule has 20 heavy (non-hydrogen) atoms. The zero-order valence-corrected chi connectivity index (χ0v) is 13.5. The lowest BCUT2D eigenvalue weighted by Gasteiger charge is -2.34. The van der Waals surface area contributed by atoms with Gasteiger partial charge in [0.1, 0.15) is 0 Å². The molecule has 0 spiro atoms. The first kappa shape index (κ1) is 15.5. The molecule has 1 aliphatic heterocycles. The minimum Gasteiger partial charge on any atom is -0.330 e. The Morgan fingerprint density at radius 2 is 1.80 bits per heavy atom. The molecule has 1 aromatic rings. The second-order valence-electron chi connectivity index (χ2n) is 7.72. The number of nitrogens with two attached hydrogens (primary N) is 1. The van der Waals surface area contributed by atoms with Crippen molar-refractivity contribution in [2.75, 3.05) is 26.2 Å². The average molecular weight is 274 g/mol. The molecule has 0 amide bonds. The third kappa shape index (κ3) is 3.42. The zero-order chi connectivity index (χ0) is 14.8. The summed E-state index contributed by atoms with van der Waals surface area (Å²) < 4.78 is 0. The molecule has 2 nitrogen and oxygen atoms in total. The van der Waals surface area contributed by atoms with E-state index in [-0.39, 0.29) is 5.41 Å². The number of rotatable bonds is 4. The van der Waals surface area contributed by atoms with Crippen molar-refractivity contribution in [3.63, 3.8) is 0 Å². The molecule has 0 aliphatic carbocycles. The number of likely N-dealkylation sites (tertiary alicyclic amines) is 1. The fourth-order valence-electron chi connectivity index (χ4n) is 3.29. The average Bonchev–Trinajstić information content (AvgIpc) is 2.88. The van der Waals surface area contributed by atoms with Crippen LogP contribution in [0.5, 0.6) is 0 Å². The highest BCUT2D eigenvalue weighted by molar-refractivity contribution is 5.25. The molecule has 2 heteroatoms. The van der Waals surface area contributed by atoms with Crippen LogP contribution in [0.25, 0.3) is 0 Å². The quantitative estimate of drug-likeness (QED) is 0.913. The van der Waals surface area contributed by atoms with Crippen molar-refractivity contribution in [2.45, 2.75) is 39.5 Å². The van der Waals surface area contributed by atoms with E-state index >= 15 is 0 Å². The highest BCUT2D eigenvalue weighted by Gasteiger charge is 2.35. The van der Waals surface area contributed by atoms with Gasteiger partial charge in [-0.15, -0.1) is 0 Å². The smallest absolute Gasteiger partial charge is 0.0174 e. The summed E-state index contributed by atoms with van der Waals surface area (Å²) >= 11 is 0. The van der Waals surface area contributed by atoms with Crippen molar-refractivity contribution >= 4 is 0 Å². The van der Waals surface area contributed by atoms with Crippen LogP contribution in [0.2, 0.25) is 0 Å². The molecule has 2 rings (SSSR count). The predicted molar refractivity (Wildman–Crippen MR) is 86.9 cm³/mol. The van der Waals surface area contributed by atoms with E-state index in [4.69, 9.17) is 5.73 Å². The standard InChI is InChI=1S/C18H30N2/c1-17(2,3)16-10-11-20(12-16)14-18(4,13-19)15-8-6-5-7-9-15/h5-9,16H,10-14,19H2,1-4H3. The summed E-state index contributed by atoms with van der Waals surface area (Å²) in [5, 5.41) is 0. The topological polar surface area (TPSA) is 29.3 Å². The first-order chi connectivity index (χ1) is 9.35. The number of hydrogen-bond acceptors (Lipinski definition) is 2. The number of nitrogens with zero attached hydrogens (tertiary/aromatic N) is 1. The van der Waals surface area contributed by atoms with Crippen LogP contribution in [0, 0.1) is 11.3 Å². The van der Waals surface area contributed by atoms with Crippen molar-refractivity contribution in [1.29, 1.82) is 0 Å². The lowest BCUT2D eigenvalue weighted by Crippen LogP contribution is -2.43. The maximum Gasteiger partial charge on any atom is 0.0174 e. The molecule has 0 radical (unpaired) electrons. The molecule has 112 valence electrons. The van der Waals surface area contributed by atoms with Gasteiger partial charge in [-0.1, -0.05) is 58.0 Å². The minimum atomic E-state index is 0.0635. The van der Waals surface area contributed by atoms with Crippen molar-refractivity contribution in [3.05, 3.63) is 35.9 Å². The van der Waals surface area contributed by atoms with E-state index in [1.807, 2.05) is 0 Å². The minimum absolute atomic E-state index is 0.0635. The summed E-state index contributed by atoms with van der Waals surface area (Å²) in [5.74, 6) is 0.806. The van der Waals surface area contributed by atoms with E-state index < -0.39 is 0 Å². The first-order valence-corrected chi connectivity index (χ1v) is 7.83. The fraction of sp³-hybridized carbons (Fsp3) is 0.667. The van der Waals surface area contributed by atoms with Crippen molar-refractivity contribution in [1.82, 2.24) is 4.90 Å². The van der Waals surface area contributed by atoms with Crippen LogP contribution in [0.1, 0.15) is 39.7 Å². The zero-order valence-electron chi connectivity index (χ0n) is 13.5. The lowest BCUT2D eigenvalue weighted by molar-refractivity contribution is 0.207. The van der Waals surface area contributed by atoms with Crippen LogP contribution in [0.15, 0.2) is 30.3 Å². The SMILES string of the molecule is CC(CN)(CN1CCC(C(C)(C)C)C1)c1ccccc1. The molecule has 0 bridgehead atoms. The van der Waals surface area contributed by atoms with Crippen molar-refractivity contribution < 1.29 is 0 Å². The van der Waals surface area contributed by atoms with Gasteiger partial charge in [0.15, 0.2) is 0 Å². The van der Waals surface area contributed by atoms with Gasteiger partial charge in [0, 0.05) is 25.0 Å². The number of benzene rings is 1. The Morgan fingerprint density at radius 1 is 1.15 bits per heavy atom. The third-order valence-corrected chi connectivity index (χ3v) is 4.99. The molecule has 2 atom stereocenters. The highest BCUT2D eigenvalue weighted by atomic mass is 15.2. The van der Waals surface area contributed by atoms with E-state index in [0.717, 1.165) is 12.5 Å². The molecule has 1 aliphatic rings. The van der Waals surface area contributed by atoms with Crippen LogP contribution < -0.4 is 5.73 Å². The molecule has 1 heterocycles. The summed E-state index contributed by atoms with van der Waals surface area (Å²) in [6.07, 6.45) is 1.32. The predicted octanol–water partition coefficient (Wildman–Crippen LogP) is 3.27. The molecule has 0 aromatic heterocycles. The molecule has 2 N–H and O–H groups in total. The Morgan fingerprint density at radius 3 is 2.30 bits per heavy atom. The van der Waals surface area contributed by atoms with Gasteiger partial charge in [0.2, 0.25) is 0 Å². The Labute approximate surface area is 124 Å². The summed E-state index contributed by atoms with van der Waals surface area (Å²) in [4.78, 5) is 2.61. The molecule has 1 fully saturated rings. The van der Waals surface area contributed by atoms with Crippen molar-refractivity contribution in [3.8, 4) is 0 Å². The van der Waals surface area contributed by atoms with E-state index in [1.54, 1.807) is 0 Å². The second-order valence-corrected chi connectivity index (χ2v) is 7.72. The summed E-state index contributed by atoms with van der Waals surface area (Å²) in [6, 6.07) is 10.7. The molecule has 0 saturated carbocycles. The van der Waals surface area contributed by atoms with Gasteiger partial charge < -0.3 is 10.6 Å². The second kappa shape index (κ2) is 5.87. The van der Waals surface area contributed by atoms with Gasteiger partial charge in [-0.05, 0) is 29.9 Å². The summed E-state index contributed by atoms with van der Waals surface area (Å²) in [5.41, 5.74) is 7.95. The van der Waals surface area contributed by atoms with Crippen LogP contribution in [0.4, 0.5) is 0 Å². The van der Waals surface area contributed by atoms with Crippen LogP contribution >= 0.6 is 0 Å². The van der Waals surface area contributed by atoms with Gasteiger partial charge in [-0.3, -0.25) is 0 Å². The number of hydrogen-bond donors (Lipinski definition) is 1. The third-order valence-electron chi connectivity index (χ3n) is 4.99. The summed E-state index contributed by atoms with van der Waals surface area (Å²) in [6.45, 7) is 13.6. The van der Waals surface area contributed by atoms with Crippen LogP contribution in [-0.2, 0) is 5.41 Å². The maximum atomic E-state index is 6.11. The van der Waals surface area contributed by atoms with Crippen molar-refractivity contribution in [2.24, 2.45) is 17.1 Å². The van der Waals surface area contributed by atoms with E-state index in [9.17, 15) is 0 Å². The Bertz CT molecular complexity index is 421. The monoisotopic (exact) mass is 274 g/mol. The van der Waals surface area contributed by atoms with E-state index in [2.05, 4.69) is 62.9 Å². The van der Waals surface area contributed by atoms with Gasteiger partial charge in [0.25, 0.3) is 0 Å². The Hall–Kier alpha value is -0.860. The molecule has 2 unspecified atom stereocenters. The Balaban J connectivity index is 2.05. The fourth-order valence-corrected chi connectivity index (χ4v) is 3.29. The molecular weight excluding hydrogens is 244 g/mol. The van der Waals surface area contributed by atoms with Gasteiger partial charge in [-0.2, -0.15) is 0 Å². The highest BCUT2D eigenvalue weighted by Crippen LogP contribution is 2.35. The van der Waals surface area contributed by atoms with Crippen LogP contribution in [0.3, 0.4) is 0 Å². The normalized spacial score (nSPS) is 23.8. The lowest BCUT2D eigenvalue weighted by atomic mass is 9.80. The molecule has 1 saturated heterocycles. The molecular formula is C18H30N2. The molecule has 1 aromatic carbocycles. The van der Waals surface area contributed by atoms with Gasteiger partial charge >= 0.3 is 0 Å². The largest absolute Gasteiger partial charge is 0.330 e. The van der Waals surface area contributed by atoms with E-state index in [1.165, 1.54) is 25.1 Å². The first-order valence-electron chi connectivity index (χ1n) is 7.83. The Kier molecular flexibility index (Phi) is 4.55. The maximum absolute atomic E-state index is 6.11. The van der Waals surface area contributed by atoms with Crippen LogP contribution in [-0.4, -0.2) is 31.1 Å². The van der Waals surface area contributed by atoms with Gasteiger partial charge in [-0.25, -0.2) is 0 Å². The van der Waals surface area contributed by atoms with Gasteiger partial charge in [0.05, 0.1) is 0 Å². The van der Waals surface area contributed by atoms with E-state index in [0.29, 0.717) is 12.0 Å². The summed E-state index contributed by atoms with van der Waals surface area (Å²) in [7, 11) is 0.